The molecule has 2 aromatic rings. The second-order valence-corrected chi connectivity index (χ2v) is 5.39. The van der Waals surface area contributed by atoms with Gasteiger partial charge in [0.1, 0.15) is 10.3 Å². The minimum atomic E-state index is -4.48. The molecule has 2 heterocycles. The van der Waals surface area contributed by atoms with Gasteiger partial charge in [-0.05, 0) is 34.5 Å². The molecule has 0 saturated heterocycles. The number of nitrogens with zero attached hydrogens (tertiary/aromatic N) is 3. The van der Waals surface area contributed by atoms with E-state index >= 15 is 0 Å². The maximum atomic E-state index is 12.5. The fraction of sp³-hybridized carbons (Fsp3) is 0.308. The molecule has 2 aromatic heterocycles. The second kappa shape index (κ2) is 6.07. The summed E-state index contributed by atoms with van der Waals surface area (Å²) in [6.45, 7) is 1.66. The fourth-order valence-corrected chi connectivity index (χ4v) is 2.14. The van der Waals surface area contributed by atoms with Crippen LogP contribution in [0.25, 0.3) is 0 Å². The Morgan fingerprint density at radius 2 is 2.05 bits per heavy atom. The van der Waals surface area contributed by atoms with Gasteiger partial charge in [-0.1, -0.05) is 6.07 Å². The van der Waals surface area contributed by atoms with Crippen molar-refractivity contribution in [1.82, 2.24) is 20.1 Å². The van der Waals surface area contributed by atoms with E-state index in [1.54, 1.807) is 14.0 Å². The molecule has 22 heavy (non-hydrogen) atoms. The van der Waals surface area contributed by atoms with E-state index < -0.39 is 17.9 Å². The van der Waals surface area contributed by atoms with Gasteiger partial charge in [0.2, 0.25) is 0 Å². The van der Waals surface area contributed by atoms with Gasteiger partial charge in [-0.2, -0.15) is 18.3 Å². The van der Waals surface area contributed by atoms with Gasteiger partial charge in [0, 0.05) is 13.2 Å². The largest absolute Gasteiger partial charge is 0.433 e. The highest BCUT2D eigenvalue weighted by Crippen LogP contribution is 2.28. The zero-order chi connectivity index (χ0) is 16.5. The number of rotatable bonds is 3. The lowest BCUT2D eigenvalue weighted by atomic mass is 10.1. The molecule has 0 aliphatic rings. The van der Waals surface area contributed by atoms with Crippen LogP contribution in [-0.4, -0.2) is 20.7 Å². The van der Waals surface area contributed by atoms with Crippen molar-refractivity contribution in [2.45, 2.75) is 19.1 Å². The summed E-state index contributed by atoms with van der Waals surface area (Å²) < 4.78 is 39.4. The smallest absolute Gasteiger partial charge is 0.345 e. The first-order chi connectivity index (χ1) is 10.2. The summed E-state index contributed by atoms with van der Waals surface area (Å²) in [5.74, 6) is -0.382. The molecule has 1 atom stereocenters. The van der Waals surface area contributed by atoms with Gasteiger partial charge in [0.25, 0.3) is 5.91 Å². The Morgan fingerprint density at radius 1 is 1.36 bits per heavy atom. The van der Waals surface area contributed by atoms with E-state index in [4.69, 9.17) is 0 Å². The molecular formula is C13H12BrF3N4O. The van der Waals surface area contributed by atoms with Crippen molar-refractivity contribution >= 4 is 21.8 Å². The summed E-state index contributed by atoms with van der Waals surface area (Å²) in [5.41, 5.74) is -0.152. The highest BCUT2D eigenvalue weighted by atomic mass is 79.9. The number of aryl methyl sites for hydroxylation is 1. The SMILES string of the molecule is C[C@@H](NC(=O)c1cnn(C)c1Br)c1ccc(C(F)(F)F)nc1. The molecule has 0 spiro atoms. The van der Waals surface area contributed by atoms with Crippen molar-refractivity contribution in [3.05, 3.63) is 46.0 Å². The monoisotopic (exact) mass is 376 g/mol. The van der Waals surface area contributed by atoms with Crippen molar-refractivity contribution in [3.63, 3.8) is 0 Å². The molecule has 0 saturated carbocycles. The van der Waals surface area contributed by atoms with E-state index in [1.807, 2.05) is 0 Å². The number of carbonyl (C=O) groups is 1. The maximum Gasteiger partial charge on any atom is 0.433 e. The highest BCUT2D eigenvalue weighted by Gasteiger charge is 2.32. The summed E-state index contributed by atoms with van der Waals surface area (Å²) in [6.07, 6.45) is -1.98. The number of carbonyl (C=O) groups excluding carboxylic acids is 1. The summed E-state index contributed by atoms with van der Waals surface area (Å²) in [6, 6.07) is 1.69. The fourth-order valence-electron chi connectivity index (χ4n) is 1.76. The van der Waals surface area contributed by atoms with Gasteiger partial charge < -0.3 is 5.32 Å². The minimum Gasteiger partial charge on any atom is -0.345 e. The Labute approximate surface area is 132 Å². The number of amides is 1. The van der Waals surface area contributed by atoms with Crippen LogP contribution < -0.4 is 5.32 Å². The number of nitrogens with one attached hydrogen (secondary N) is 1. The molecular weight excluding hydrogens is 365 g/mol. The van der Waals surface area contributed by atoms with Gasteiger partial charge in [-0.3, -0.25) is 14.5 Å². The Morgan fingerprint density at radius 3 is 2.50 bits per heavy atom. The lowest BCUT2D eigenvalue weighted by molar-refractivity contribution is -0.141. The van der Waals surface area contributed by atoms with Crippen LogP contribution in [0, 0.1) is 0 Å². The van der Waals surface area contributed by atoms with E-state index in [0.29, 0.717) is 15.7 Å². The third kappa shape index (κ3) is 3.46. The quantitative estimate of drug-likeness (QED) is 0.895. The number of halogens is 4. The standard InChI is InChI=1S/C13H12BrF3N4O/c1-7(8-3-4-10(18-5-8)13(15,16)17)20-12(22)9-6-19-21(2)11(9)14/h3-7H,1-2H3,(H,20,22)/t7-/m1/s1. The van der Waals surface area contributed by atoms with Crippen molar-refractivity contribution in [1.29, 1.82) is 0 Å². The second-order valence-electron chi connectivity index (χ2n) is 4.64. The number of hydrogen-bond donors (Lipinski definition) is 1. The van der Waals surface area contributed by atoms with Gasteiger partial charge >= 0.3 is 6.18 Å². The van der Waals surface area contributed by atoms with Crippen LogP contribution in [0.4, 0.5) is 13.2 Å². The lowest BCUT2D eigenvalue weighted by Gasteiger charge is -2.14. The Balaban J connectivity index is 2.10. The molecule has 0 fully saturated rings. The third-order valence-electron chi connectivity index (χ3n) is 3.04. The summed E-state index contributed by atoms with van der Waals surface area (Å²) in [7, 11) is 1.67. The lowest BCUT2D eigenvalue weighted by Crippen LogP contribution is -2.27. The molecule has 9 heteroatoms. The predicted octanol–water partition coefficient (Wildman–Crippen LogP) is 3.09. The summed E-state index contributed by atoms with van der Waals surface area (Å²) in [5, 5.41) is 6.61. The molecule has 0 bridgehead atoms. The third-order valence-corrected chi connectivity index (χ3v) is 3.98. The molecule has 118 valence electrons. The summed E-state index contributed by atoms with van der Waals surface area (Å²) in [4.78, 5) is 15.5. The topological polar surface area (TPSA) is 59.8 Å². The van der Waals surface area contributed by atoms with Gasteiger partial charge in [0.15, 0.2) is 0 Å². The zero-order valence-electron chi connectivity index (χ0n) is 11.6. The predicted molar refractivity (Wildman–Crippen MR) is 76.0 cm³/mol. The van der Waals surface area contributed by atoms with Crippen LogP contribution >= 0.6 is 15.9 Å². The van der Waals surface area contributed by atoms with E-state index in [0.717, 1.165) is 12.3 Å². The average molecular weight is 377 g/mol. The average Bonchev–Trinajstić information content (AvgIpc) is 2.78. The number of pyridine rings is 1. The number of hydrogen-bond acceptors (Lipinski definition) is 3. The Kier molecular flexibility index (Phi) is 4.55. The van der Waals surface area contributed by atoms with Crippen LogP contribution in [-0.2, 0) is 13.2 Å². The molecule has 5 nitrogen and oxygen atoms in total. The minimum absolute atomic E-state index is 0.342. The molecule has 2 rings (SSSR count). The first kappa shape index (κ1) is 16.5. The van der Waals surface area contributed by atoms with Crippen molar-refractivity contribution in [2.75, 3.05) is 0 Å². The van der Waals surface area contributed by atoms with Crippen molar-refractivity contribution in [3.8, 4) is 0 Å². The van der Waals surface area contributed by atoms with Crippen LogP contribution in [0.5, 0.6) is 0 Å². The molecule has 0 unspecified atom stereocenters. The van der Waals surface area contributed by atoms with E-state index in [1.165, 1.54) is 16.9 Å². The van der Waals surface area contributed by atoms with Crippen LogP contribution in [0.3, 0.4) is 0 Å². The van der Waals surface area contributed by atoms with Gasteiger partial charge in [0.05, 0.1) is 17.8 Å². The number of alkyl halides is 3. The van der Waals surface area contributed by atoms with Crippen molar-refractivity contribution in [2.24, 2.45) is 7.05 Å². The number of aromatic nitrogens is 3. The van der Waals surface area contributed by atoms with Gasteiger partial charge in [-0.15, -0.1) is 0 Å². The van der Waals surface area contributed by atoms with E-state index in [2.05, 4.69) is 31.3 Å². The Bertz CT molecular complexity index is 682. The Hall–Kier alpha value is -1.90. The molecule has 1 amide bonds. The summed E-state index contributed by atoms with van der Waals surface area (Å²) >= 11 is 3.23. The first-order valence-electron chi connectivity index (χ1n) is 6.21. The van der Waals surface area contributed by atoms with E-state index in [9.17, 15) is 18.0 Å². The first-order valence-corrected chi connectivity index (χ1v) is 7.01. The van der Waals surface area contributed by atoms with Gasteiger partial charge in [-0.25, -0.2) is 0 Å². The molecule has 1 N–H and O–H groups in total. The molecule has 0 aliphatic carbocycles. The molecule has 0 radical (unpaired) electrons. The molecule has 0 aliphatic heterocycles. The van der Waals surface area contributed by atoms with Crippen LogP contribution in [0.2, 0.25) is 0 Å². The van der Waals surface area contributed by atoms with E-state index in [-0.39, 0.29) is 5.91 Å². The highest BCUT2D eigenvalue weighted by molar-refractivity contribution is 9.10. The van der Waals surface area contributed by atoms with Crippen molar-refractivity contribution < 1.29 is 18.0 Å². The van der Waals surface area contributed by atoms with Crippen LogP contribution in [0.15, 0.2) is 29.1 Å². The normalized spacial score (nSPS) is 13.0. The zero-order valence-corrected chi connectivity index (χ0v) is 13.2. The molecule has 0 aromatic carbocycles. The van der Waals surface area contributed by atoms with Crippen LogP contribution in [0.1, 0.15) is 34.6 Å². The maximum absolute atomic E-state index is 12.5.